The average Bonchev–Trinajstić information content (AvgIpc) is 2.78. The first kappa shape index (κ1) is 15.4. The molecule has 0 amide bonds. The van der Waals surface area contributed by atoms with E-state index in [1.807, 2.05) is 13.8 Å². The second-order valence-electron chi connectivity index (χ2n) is 4.30. The molecule has 1 rings (SSSR count). The molecule has 5 nitrogen and oxygen atoms in total. The summed E-state index contributed by atoms with van der Waals surface area (Å²) in [6.45, 7) is 4.55. The van der Waals surface area contributed by atoms with E-state index in [0.717, 1.165) is 12.7 Å². The number of aliphatic carboxylic acids is 1. The molecule has 100 valence electrons. The predicted octanol–water partition coefficient (Wildman–Crippen LogP) is 2.40. The van der Waals surface area contributed by atoms with Crippen LogP contribution in [-0.2, 0) is 13.8 Å². The summed E-state index contributed by atoms with van der Waals surface area (Å²) < 4.78 is 10.9. The van der Waals surface area contributed by atoms with Crippen LogP contribution >= 0.6 is 8.38 Å². The number of hydrogen-bond acceptors (Lipinski definition) is 4. The van der Waals surface area contributed by atoms with Gasteiger partial charge in [0.25, 0.3) is 6.71 Å². The van der Waals surface area contributed by atoms with Gasteiger partial charge in [-0.05, 0) is 19.8 Å². The van der Waals surface area contributed by atoms with Crippen LogP contribution in [0.2, 0.25) is 12.6 Å². The molecule has 2 atom stereocenters. The lowest BCUT2D eigenvalue weighted by atomic mass is 9.50. The smallest absolute Gasteiger partial charge is 0.315 e. The van der Waals surface area contributed by atoms with E-state index in [0.29, 0.717) is 19.5 Å². The Bertz CT molecular complexity index is 317. The van der Waals surface area contributed by atoms with Crippen LogP contribution in [0, 0.1) is 17.1 Å². The zero-order valence-corrected chi connectivity index (χ0v) is 11.7. The van der Waals surface area contributed by atoms with Crippen LogP contribution in [0.4, 0.5) is 0 Å². The first-order chi connectivity index (χ1) is 8.63. The number of rotatable bonds is 7. The summed E-state index contributed by atoms with van der Waals surface area (Å²) in [6, 6.07) is 0. The average molecular weight is 271 g/mol. The molecule has 1 fully saturated rings. The highest BCUT2D eigenvalue weighted by Crippen LogP contribution is 2.50. The molecule has 7 heteroatoms. The highest BCUT2D eigenvalue weighted by Gasteiger charge is 2.42. The van der Waals surface area contributed by atoms with Crippen molar-refractivity contribution < 1.29 is 18.9 Å². The zero-order chi connectivity index (χ0) is 13.5. The largest absolute Gasteiger partial charge is 0.481 e. The summed E-state index contributed by atoms with van der Waals surface area (Å²) in [5, 5.41) is 18.3. The van der Waals surface area contributed by atoms with Gasteiger partial charge >= 0.3 is 5.97 Å². The van der Waals surface area contributed by atoms with Gasteiger partial charge in [0.15, 0.2) is 8.38 Å². The monoisotopic (exact) mass is 271 g/mol. The number of nitrogens with zero attached hydrogens (tertiary/aromatic N) is 1. The third-order valence-corrected chi connectivity index (χ3v) is 5.22. The van der Waals surface area contributed by atoms with Crippen molar-refractivity contribution in [3.63, 3.8) is 0 Å². The Balaban J connectivity index is 2.74. The van der Waals surface area contributed by atoms with Crippen LogP contribution in [0.5, 0.6) is 0 Å². The molecular formula is C11H19BNO4P. The molecule has 2 unspecified atom stereocenters. The summed E-state index contributed by atoms with van der Waals surface area (Å²) in [6.07, 6.45) is 2.20. The van der Waals surface area contributed by atoms with Gasteiger partial charge in [0.2, 0.25) is 0 Å². The summed E-state index contributed by atoms with van der Waals surface area (Å²) in [5.74, 6) is 1.35. The molecule has 1 saturated heterocycles. The van der Waals surface area contributed by atoms with Gasteiger partial charge in [0.1, 0.15) is 5.66 Å². The molecule has 0 aromatic rings. The van der Waals surface area contributed by atoms with Crippen molar-refractivity contribution in [2.24, 2.45) is 5.92 Å². The highest BCUT2D eigenvalue weighted by atomic mass is 31.2. The normalized spacial score (nSPS) is 21.0. The number of nitriles is 1. The summed E-state index contributed by atoms with van der Waals surface area (Å²) >= 11 is 0. The van der Waals surface area contributed by atoms with E-state index >= 15 is 0 Å². The molecule has 1 N–H and O–H groups in total. The lowest BCUT2D eigenvalue weighted by Gasteiger charge is -2.26. The van der Waals surface area contributed by atoms with E-state index in [9.17, 15) is 9.90 Å². The van der Waals surface area contributed by atoms with Crippen LogP contribution in [0.1, 0.15) is 20.3 Å². The first-order valence-electron chi connectivity index (χ1n) is 6.31. The summed E-state index contributed by atoms with van der Waals surface area (Å²) in [4.78, 5) is 11.4. The Morgan fingerprint density at radius 1 is 1.56 bits per heavy atom. The maximum atomic E-state index is 11.4. The van der Waals surface area contributed by atoms with Crippen molar-refractivity contribution in [2.75, 3.05) is 13.2 Å². The van der Waals surface area contributed by atoms with Crippen molar-refractivity contribution in [1.29, 1.82) is 5.26 Å². The Kier molecular flexibility index (Phi) is 6.63. The molecule has 0 radical (unpaired) electrons. The van der Waals surface area contributed by atoms with Crippen LogP contribution in [0.15, 0.2) is 0 Å². The lowest BCUT2D eigenvalue weighted by Crippen LogP contribution is -2.28. The SMILES string of the molecule is CCOP(OCC)C(C(=O)O)C1CCB(C#N)C1. The van der Waals surface area contributed by atoms with Crippen LogP contribution in [0.3, 0.4) is 0 Å². The fourth-order valence-corrected chi connectivity index (χ4v) is 4.04. The fraction of sp³-hybridized carbons (Fsp3) is 0.818. The Hall–Kier alpha value is -0.625. The van der Waals surface area contributed by atoms with Gasteiger partial charge < -0.3 is 14.2 Å². The maximum absolute atomic E-state index is 11.4. The number of carboxylic acid groups (broad SMARTS) is 1. The van der Waals surface area contributed by atoms with Gasteiger partial charge in [-0.3, -0.25) is 4.79 Å². The van der Waals surface area contributed by atoms with E-state index in [2.05, 4.69) is 5.97 Å². The Labute approximate surface area is 109 Å². The van der Waals surface area contributed by atoms with E-state index in [1.165, 1.54) is 0 Å². The lowest BCUT2D eigenvalue weighted by molar-refractivity contribution is -0.137. The molecule has 0 aliphatic carbocycles. The Morgan fingerprint density at radius 2 is 2.17 bits per heavy atom. The zero-order valence-electron chi connectivity index (χ0n) is 10.8. The standard InChI is InChI=1S/C11H19BNO4P/c1-3-16-18(17-4-2)10(11(14)15)9-5-6-12(7-9)8-13/h9-10H,3-7H2,1-2H3,(H,14,15). The predicted molar refractivity (Wildman–Crippen MR) is 70.7 cm³/mol. The highest BCUT2D eigenvalue weighted by molar-refractivity contribution is 7.49. The van der Waals surface area contributed by atoms with Crippen molar-refractivity contribution in [1.82, 2.24) is 0 Å². The Morgan fingerprint density at radius 3 is 2.56 bits per heavy atom. The first-order valence-corrected chi connectivity index (χ1v) is 7.56. The minimum Gasteiger partial charge on any atom is -0.481 e. The maximum Gasteiger partial charge on any atom is 0.315 e. The topological polar surface area (TPSA) is 79.6 Å². The van der Waals surface area contributed by atoms with E-state index < -0.39 is 20.0 Å². The van der Waals surface area contributed by atoms with E-state index in [4.69, 9.17) is 14.3 Å². The minimum atomic E-state index is -1.41. The molecule has 0 aromatic carbocycles. The molecule has 1 aliphatic heterocycles. The molecule has 1 heterocycles. The fourth-order valence-electron chi connectivity index (χ4n) is 2.34. The van der Waals surface area contributed by atoms with Gasteiger partial charge in [0, 0.05) is 5.97 Å². The minimum absolute atomic E-state index is 0.00337. The van der Waals surface area contributed by atoms with Gasteiger partial charge in [-0.1, -0.05) is 19.1 Å². The molecule has 0 bridgehead atoms. The third-order valence-electron chi connectivity index (χ3n) is 3.10. The molecule has 0 aromatic heterocycles. The van der Waals surface area contributed by atoms with Gasteiger partial charge in [-0.2, -0.15) is 0 Å². The molecule has 18 heavy (non-hydrogen) atoms. The van der Waals surface area contributed by atoms with Crippen LogP contribution < -0.4 is 0 Å². The number of carbonyl (C=O) groups is 1. The van der Waals surface area contributed by atoms with E-state index in [1.54, 1.807) is 0 Å². The van der Waals surface area contributed by atoms with Gasteiger partial charge in [-0.25, -0.2) is 5.26 Å². The van der Waals surface area contributed by atoms with Crippen molar-refractivity contribution in [3.8, 4) is 5.97 Å². The molecule has 0 spiro atoms. The summed E-state index contributed by atoms with van der Waals surface area (Å²) in [5.41, 5.74) is -0.613. The molecular weight excluding hydrogens is 252 g/mol. The second kappa shape index (κ2) is 7.73. The summed E-state index contributed by atoms with van der Waals surface area (Å²) in [7, 11) is -1.41. The quantitative estimate of drug-likeness (QED) is 0.568. The van der Waals surface area contributed by atoms with Crippen LogP contribution in [-0.4, -0.2) is 36.7 Å². The van der Waals surface area contributed by atoms with Gasteiger partial charge in [-0.15, -0.1) is 0 Å². The number of hydrogen-bond donors (Lipinski definition) is 1. The third kappa shape index (κ3) is 3.95. The van der Waals surface area contributed by atoms with Crippen molar-refractivity contribution in [2.45, 2.75) is 38.6 Å². The molecule has 1 aliphatic rings. The van der Waals surface area contributed by atoms with E-state index in [-0.39, 0.29) is 12.6 Å². The van der Waals surface area contributed by atoms with Crippen LogP contribution in [0.25, 0.3) is 0 Å². The van der Waals surface area contributed by atoms with Crippen molar-refractivity contribution in [3.05, 3.63) is 0 Å². The second-order valence-corrected chi connectivity index (χ2v) is 5.95. The number of carboxylic acids is 1. The van der Waals surface area contributed by atoms with Crippen molar-refractivity contribution >= 4 is 21.1 Å². The molecule has 0 saturated carbocycles. The van der Waals surface area contributed by atoms with Gasteiger partial charge in [0.05, 0.1) is 13.2 Å².